The number of benzene rings is 1. The molecule has 0 atom stereocenters. The molecule has 0 unspecified atom stereocenters. The number of rotatable bonds is 3. The van der Waals surface area contributed by atoms with Crippen LogP contribution in [0, 0.1) is 0 Å². The summed E-state index contributed by atoms with van der Waals surface area (Å²) in [6.45, 7) is 0. The first-order valence-electron chi connectivity index (χ1n) is 4.94. The molecule has 2 N–H and O–H groups in total. The number of anilines is 1. The van der Waals surface area contributed by atoms with Crippen LogP contribution in [0.4, 0.5) is 5.69 Å². The van der Waals surface area contributed by atoms with Crippen molar-refractivity contribution in [3.8, 4) is 10.4 Å². The molecule has 0 aliphatic carbocycles. The molecule has 0 fully saturated rings. The normalized spacial score (nSPS) is 10.2. The molecule has 17 heavy (non-hydrogen) atoms. The molecule has 0 amide bonds. The van der Waals surface area contributed by atoms with E-state index >= 15 is 0 Å². The van der Waals surface area contributed by atoms with Crippen LogP contribution >= 0.6 is 27.3 Å². The molecule has 1 aromatic heterocycles. The SMILES string of the molecule is [B]=C(OC)c1sc(-c2ccc(Br)cc2)cc1N. The Balaban J connectivity index is 2.41. The van der Waals surface area contributed by atoms with Crippen LogP contribution < -0.4 is 5.73 Å². The molecule has 1 radical (unpaired) electrons. The summed E-state index contributed by atoms with van der Waals surface area (Å²) in [4.78, 5) is 1.86. The monoisotopic (exact) mass is 306 g/mol. The number of hydrogen-bond acceptors (Lipinski definition) is 3. The van der Waals surface area contributed by atoms with Gasteiger partial charge < -0.3 is 0 Å². The summed E-state index contributed by atoms with van der Waals surface area (Å²) in [6.07, 6.45) is 0. The first-order valence-corrected chi connectivity index (χ1v) is 6.55. The van der Waals surface area contributed by atoms with Crippen molar-refractivity contribution in [1.29, 1.82) is 0 Å². The van der Waals surface area contributed by atoms with Crippen LogP contribution in [0.3, 0.4) is 0 Å². The van der Waals surface area contributed by atoms with E-state index in [9.17, 15) is 0 Å². The molecule has 2 nitrogen and oxygen atoms in total. The van der Waals surface area contributed by atoms with Crippen LogP contribution in [0.25, 0.3) is 10.4 Å². The average molecular weight is 307 g/mol. The standard InChI is InChI=1S/C12H10BBrNOS/c1-16-12(13)11-9(15)6-10(17-11)7-2-4-8(14)5-3-7/h2-6H,15H2,1H3. The number of ether oxygens (including phenoxy) is 1. The molecule has 0 aliphatic heterocycles. The quantitative estimate of drug-likeness (QED) is 0.885. The van der Waals surface area contributed by atoms with E-state index in [1.807, 2.05) is 30.3 Å². The van der Waals surface area contributed by atoms with Gasteiger partial charge in [-0.25, -0.2) is 0 Å². The number of halogens is 1. The molecule has 0 aliphatic rings. The van der Waals surface area contributed by atoms with Gasteiger partial charge in [0.05, 0.1) is 0 Å². The fourth-order valence-corrected chi connectivity index (χ4v) is 2.73. The Hall–Kier alpha value is -1.07. The second-order valence-electron chi connectivity index (χ2n) is 3.47. The predicted molar refractivity (Wildman–Crippen MR) is 78.7 cm³/mol. The van der Waals surface area contributed by atoms with Crippen molar-refractivity contribution in [3.63, 3.8) is 0 Å². The average Bonchev–Trinajstić information content (AvgIpc) is 2.71. The summed E-state index contributed by atoms with van der Waals surface area (Å²) in [5.74, 6) is 0. The van der Waals surface area contributed by atoms with Crippen LogP contribution in [0.1, 0.15) is 4.88 Å². The van der Waals surface area contributed by atoms with Gasteiger partial charge in [0.1, 0.15) is 0 Å². The molecule has 2 rings (SSSR count). The molecule has 0 saturated heterocycles. The zero-order valence-electron chi connectivity index (χ0n) is 9.24. The van der Waals surface area contributed by atoms with E-state index in [4.69, 9.17) is 18.0 Å². The summed E-state index contributed by atoms with van der Waals surface area (Å²) in [5.41, 5.74) is 8.02. The summed E-state index contributed by atoms with van der Waals surface area (Å²) >= 11 is 4.93. The van der Waals surface area contributed by atoms with Gasteiger partial charge in [0.25, 0.3) is 0 Å². The van der Waals surface area contributed by atoms with E-state index in [1.54, 1.807) is 0 Å². The summed E-state index contributed by atoms with van der Waals surface area (Å²) in [6, 6.07) is 9.96. The summed E-state index contributed by atoms with van der Waals surface area (Å²) in [5, 5.41) is 0. The zero-order valence-corrected chi connectivity index (χ0v) is 11.6. The molecular formula is C12H10BBrNOS. The van der Waals surface area contributed by atoms with Crippen LogP contribution in [-0.2, 0) is 4.74 Å². The molecule has 1 heterocycles. The molecule has 85 valence electrons. The van der Waals surface area contributed by atoms with Gasteiger partial charge in [-0.1, -0.05) is 0 Å². The van der Waals surface area contributed by atoms with E-state index in [2.05, 4.69) is 15.9 Å². The van der Waals surface area contributed by atoms with Crippen LogP contribution in [-0.4, -0.2) is 20.2 Å². The van der Waals surface area contributed by atoms with Gasteiger partial charge in [0, 0.05) is 0 Å². The first kappa shape index (κ1) is 12.4. The van der Waals surface area contributed by atoms with Gasteiger partial charge in [0.15, 0.2) is 0 Å². The number of thiophene rings is 1. The number of hydrogen-bond donors (Lipinski definition) is 1. The van der Waals surface area contributed by atoms with Crippen molar-refractivity contribution < 1.29 is 4.74 Å². The van der Waals surface area contributed by atoms with Gasteiger partial charge in [-0.2, -0.15) is 0 Å². The molecule has 2 aromatic rings. The van der Waals surface area contributed by atoms with Gasteiger partial charge in [-0.3, -0.25) is 0 Å². The molecule has 5 heteroatoms. The third-order valence-corrected chi connectivity index (χ3v) is 4.08. The molecule has 0 bridgehead atoms. The van der Waals surface area contributed by atoms with Crippen molar-refractivity contribution in [3.05, 3.63) is 39.7 Å². The molecule has 0 saturated carbocycles. The second kappa shape index (κ2) is 5.06. The Morgan fingerprint density at radius 3 is 2.59 bits per heavy atom. The zero-order chi connectivity index (χ0) is 12.4. The van der Waals surface area contributed by atoms with Gasteiger partial charge in [0.2, 0.25) is 0 Å². The van der Waals surface area contributed by atoms with Crippen molar-refractivity contribution in [2.45, 2.75) is 0 Å². The molecule has 1 aromatic carbocycles. The van der Waals surface area contributed by atoms with Crippen molar-refractivity contribution in [1.82, 2.24) is 0 Å². The molecule has 0 spiro atoms. The van der Waals surface area contributed by atoms with Gasteiger partial charge >= 0.3 is 114 Å². The van der Waals surface area contributed by atoms with E-state index in [-0.39, 0.29) is 0 Å². The molecular weight excluding hydrogens is 297 g/mol. The van der Waals surface area contributed by atoms with E-state index < -0.39 is 0 Å². The fraction of sp³-hybridized carbons (Fsp3) is 0.0833. The minimum absolute atomic E-state index is 0.357. The minimum atomic E-state index is 0.357. The third kappa shape index (κ3) is 2.61. The van der Waals surface area contributed by atoms with E-state index in [0.29, 0.717) is 11.3 Å². The van der Waals surface area contributed by atoms with Gasteiger partial charge in [-0.05, 0) is 0 Å². The van der Waals surface area contributed by atoms with E-state index in [0.717, 1.165) is 19.8 Å². The van der Waals surface area contributed by atoms with Crippen molar-refractivity contribution in [2.75, 3.05) is 12.8 Å². The maximum atomic E-state index is 5.91. The number of nitrogen functional groups attached to an aromatic ring is 1. The van der Waals surface area contributed by atoms with Crippen molar-refractivity contribution >= 4 is 46.1 Å². The Kier molecular flexibility index (Phi) is 3.69. The van der Waals surface area contributed by atoms with E-state index in [1.165, 1.54) is 18.4 Å². The summed E-state index contributed by atoms with van der Waals surface area (Å²) < 4.78 is 6.05. The Morgan fingerprint density at radius 1 is 1.35 bits per heavy atom. The van der Waals surface area contributed by atoms with Crippen molar-refractivity contribution in [2.24, 2.45) is 0 Å². The summed E-state index contributed by atoms with van der Waals surface area (Å²) in [7, 11) is 7.26. The van der Waals surface area contributed by atoms with Gasteiger partial charge in [-0.15, -0.1) is 0 Å². The number of nitrogens with two attached hydrogens (primary N) is 1. The first-order chi connectivity index (χ1) is 8.11. The number of methoxy groups -OCH3 is 1. The predicted octanol–water partition coefficient (Wildman–Crippen LogP) is 3.05. The topological polar surface area (TPSA) is 35.2 Å². The maximum absolute atomic E-state index is 5.91. The Labute approximate surface area is 114 Å². The fourth-order valence-electron chi connectivity index (χ4n) is 1.45. The third-order valence-electron chi connectivity index (χ3n) is 2.33. The second-order valence-corrected chi connectivity index (χ2v) is 5.44. The van der Waals surface area contributed by atoms with Crippen LogP contribution in [0.15, 0.2) is 34.8 Å². The Morgan fingerprint density at radius 2 is 2.00 bits per heavy atom. The van der Waals surface area contributed by atoms with Crippen LogP contribution in [0.5, 0.6) is 0 Å². The van der Waals surface area contributed by atoms with Crippen LogP contribution in [0.2, 0.25) is 0 Å². The Bertz CT molecular complexity index is 550.